The first-order valence-corrected chi connectivity index (χ1v) is 10.2. The molecule has 1 aromatic heterocycles. The summed E-state index contributed by atoms with van der Waals surface area (Å²) in [6, 6.07) is 15.6. The Morgan fingerprint density at radius 3 is 2.61 bits per heavy atom. The number of aromatic nitrogens is 3. The van der Waals surface area contributed by atoms with E-state index in [4.69, 9.17) is 5.73 Å². The number of amides is 1. The van der Waals surface area contributed by atoms with Gasteiger partial charge >= 0.3 is 0 Å². The van der Waals surface area contributed by atoms with Crippen LogP contribution in [0.15, 0.2) is 53.7 Å². The first kappa shape index (κ1) is 19.9. The number of nitrogens with one attached hydrogen (secondary N) is 1. The van der Waals surface area contributed by atoms with Crippen LogP contribution in [0.2, 0.25) is 0 Å². The van der Waals surface area contributed by atoms with Gasteiger partial charge in [-0.1, -0.05) is 66.7 Å². The molecule has 3 rings (SSSR count). The third kappa shape index (κ3) is 4.54. The molecule has 0 aliphatic carbocycles. The molecule has 0 fully saturated rings. The number of anilines is 2. The summed E-state index contributed by atoms with van der Waals surface area (Å²) in [6.45, 7) is 5.97. The fraction of sp³-hybridized carbons (Fsp3) is 0.286. The largest absolute Gasteiger partial charge is 0.368 e. The van der Waals surface area contributed by atoms with E-state index < -0.39 is 6.04 Å². The minimum absolute atomic E-state index is 0.123. The Hall–Kier alpha value is -2.80. The predicted octanol–water partition coefficient (Wildman–Crippen LogP) is 4.36. The molecule has 1 unspecified atom stereocenters. The van der Waals surface area contributed by atoms with Crippen LogP contribution in [0.1, 0.15) is 36.1 Å². The molecular formula is C21H25N5OS. The zero-order valence-corrected chi connectivity index (χ0v) is 17.2. The first-order chi connectivity index (χ1) is 13.5. The van der Waals surface area contributed by atoms with E-state index in [-0.39, 0.29) is 11.9 Å². The summed E-state index contributed by atoms with van der Waals surface area (Å²) < 4.78 is 1.73. The number of benzene rings is 2. The second kappa shape index (κ2) is 8.93. The number of carbonyl (C=O) groups is 1. The molecule has 1 heterocycles. The summed E-state index contributed by atoms with van der Waals surface area (Å²) in [5.74, 6) is 0.856. The van der Waals surface area contributed by atoms with Crippen molar-refractivity contribution in [3.63, 3.8) is 0 Å². The van der Waals surface area contributed by atoms with Gasteiger partial charge in [0.1, 0.15) is 6.04 Å². The molecule has 1 atom stereocenters. The van der Waals surface area contributed by atoms with E-state index in [0.29, 0.717) is 11.6 Å². The minimum Gasteiger partial charge on any atom is -0.368 e. The molecule has 146 valence electrons. The van der Waals surface area contributed by atoms with Gasteiger partial charge in [-0.25, -0.2) is 0 Å². The SMILES string of the molecule is CCC(C(=O)Nc1ccc(C)cc1C)n1c(N)nnc1SCc1ccccc1. The Morgan fingerprint density at radius 1 is 1.18 bits per heavy atom. The van der Waals surface area contributed by atoms with Crippen LogP contribution in [-0.4, -0.2) is 20.7 Å². The fourth-order valence-electron chi connectivity index (χ4n) is 3.06. The summed E-state index contributed by atoms with van der Waals surface area (Å²) in [7, 11) is 0. The summed E-state index contributed by atoms with van der Waals surface area (Å²) in [5.41, 5.74) is 10.2. The van der Waals surface area contributed by atoms with Gasteiger partial charge in [-0.2, -0.15) is 0 Å². The zero-order valence-electron chi connectivity index (χ0n) is 16.3. The van der Waals surface area contributed by atoms with Gasteiger partial charge in [0.25, 0.3) is 0 Å². The van der Waals surface area contributed by atoms with E-state index in [1.165, 1.54) is 17.3 Å². The molecule has 0 spiro atoms. The highest BCUT2D eigenvalue weighted by Gasteiger charge is 2.25. The molecule has 1 amide bonds. The van der Waals surface area contributed by atoms with E-state index in [0.717, 1.165) is 22.6 Å². The molecule has 0 radical (unpaired) electrons. The van der Waals surface area contributed by atoms with Crippen LogP contribution in [0.4, 0.5) is 11.6 Å². The van der Waals surface area contributed by atoms with E-state index in [1.54, 1.807) is 4.57 Å². The quantitative estimate of drug-likeness (QED) is 0.581. The van der Waals surface area contributed by atoms with Crippen molar-refractivity contribution in [2.45, 2.75) is 44.1 Å². The summed E-state index contributed by atoms with van der Waals surface area (Å²) >= 11 is 1.52. The van der Waals surface area contributed by atoms with Crippen LogP contribution in [-0.2, 0) is 10.5 Å². The molecule has 0 aliphatic rings. The molecule has 0 saturated heterocycles. The van der Waals surface area contributed by atoms with Gasteiger partial charge in [0.2, 0.25) is 11.9 Å². The Kier molecular flexibility index (Phi) is 6.36. The average molecular weight is 396 g/mol. The van der Waals surface area contributed by atoms with Gasteiger partial charge in [0.15, 0.2) is 5.16 Å². The molecule has 0 saturated carbocycles. The number of rotatable bonds is 7. The van der Waals surface area contributed by atoms with Gasteiger partial charge in [0.05, 0.1) is 0 Å². The van der Waals surface area contributed by atoms with E-state index >= 15 is 0 Å². The monoisotopic (exact) mass is 395 g/mol. The van der Waals surface area contributed by atoms with Crippen LogP contribution in [0, 0.1) is 13.8 Å². The topological polar surface area (TPSA) is 85.8 Å². The Balaban J connectivity index is 1.79. The second-order valence-electron chi connectivity index (χ2n) is 6.72. The van der Waals surface area contributed by atoms with Gasteiger partial charge < -0.3 is 11.1 Å². The Bertz CT molecular complexity index is 955. The van der Waals surface area contributed by atoms with Crippen molar-refractivity contribution in [1.29, 1.82) is 0 Å². The number of aryl methyl sites for hydroxylation is 2. The number of nitrogen functional groups attached to an aromatic ring is 1. The Morgan fingerprint density at radius 2 is 1.93 bits per heavy atom. The summed E-state index contributed by atoms with van der Waals surface area (Å²) in [4.78, 5) is 13.0. The minimum atomic E-state index is -0.478. The van der Waals surface area contributed by atoms with Crippen molar-refractivity contribution >= 4 is 29.3 Å². The molecular weight excluding hydrogens is 370 g/mol. The maximum absolute atomic E-state index is 13.0. The molecule has 3 N–H and O–H groups in total. The maximum Gasteiger partial charge on any atom is 0.247 e. The Labute approximate surface area is 169 Å². The number of nitrogens with zero attached hydrogens (tertiary/aromatic N) is 3. The van der Waals surface area contributed by atoms with Gasteiger partial charge in [-0.05, 0) is 37.5 Å². The second-order valence-corrected chi connectivity index (χ2v) is 7.66. The highest BCUT2D eigenvalue weighted by molar-refractivity contribution is 7.98. The molecule has 0 aliphatic heterocycles. The fourth-order valence-corrected chi connectivity index (χ4v) is 4.00. The van der Waals surface area contributed by atoms with E-state index in [9.17, 15) is 4.79 Å². The first-order valence-electron chi connectivity index (χ1n) is 9.24. The van der Waals surface area contributed by atoms with Crippen molar-refractivity contribution in [2.75, 3.05) is 11.1 Å². The summed E-state index contributed by atoms with van der Waals surface area (Å²) in [5, 5.41) is 11.9. The van der Waals surface area contributed by atoms with Gasteiger partial charge in [-0.3, -0.25) is 9.36 Å². The van der Waals surface area contributed by atoms with Crippen LogP contribution < -0.4 is 11.1 Å². The highest BCUT2D eigenvalue weighted by atomic mass is 32.2. The van der Waals surface area contributed by atoms with Crippen LogP contribution in [0.25, 0.3) is 0 Å². The molecule has 7 heteroatoms. The molecule has 28 heavy (non-hydrogen) atoms. The van der Waals surface area contributed by atoms with Crippen LogP contribution in [0.3, 0.4) is 0 Å². The zero-order chi connectivity index (χ0) is 20.1. The standard InChI is InChI=1S/C21H25N5OS/c1-4-18(19(27)23-17-11-10-14(2)12-15(17)3)26-20(22)24-25-21(26)28-13-16-8-6-5-7-9-16/h5-12,18H,4,13H2,1-3H3,(H2,22,24)(H,23,27). The smallest absolute Gasteiger partial charge is 0.247 e. The molecule has 2 aromatic carbocycles. The molecule has 3 aromatic rings. The van der Waals surface area contributed by atoms with Crippen molar-refractivity contribution in [1.82, 2.24) is 14.8 Å². The highest BCUT2D eigenvalue weighted by Crippen LogP contribution is 2.28. The molecule has 0 bridgehead atoms. The average Bonchev–Trinajstić information content (AvgIpc) is 3.04. The van der Waals surface area contributed by atoms with Crippen molar-refractivity contribution in [3.05, 3.63) is 65.2 Å². The predicted molar refractivity (Wildman–Crippen MR) is 114 cm³/mol. The van der Waals surface area contributed by atoms with Crippen molar-refractivity contribution in [3.8, 4) is 0 Å². The maximum atomic E-state index is 13.0. The number of carbonyl (C=O) groups excluding carboxylic acids is 1. The van der Waals surface area contributed by atoms with Gasteiger partial charge in [-0.15, -0.1) is 10.2 Å². The lowest BCUT2D eigenvalue weighted by Crippen LogP contribution is -2.27. The molecule has 6 nitrogen and oxygen atoms in total. The number of hydrogen-bond acceptors (Lipinski definition) is 5. The third-order valence-corrected chi connectivity index (χ3v) is 5.56. The number of hydrogen-bond donors (Lipinski definition) is 2. The third-order valence-electron chi connectivity index (χ3n) is 4.54. The number of thioether (sulfide) groups is 1. The van der Waals surface area contributed by atoms with Crippen molar-refractivity contribution < 1.29 is 4.79 Å². The number of nitrogens with two attached hydrogens (primary N) is 1. The lowest BCUT2D eigenvalue weighted by atomic mass is 10.1. The lowest BCUT2D eigenvalue weighted by Gasteiger charge is -2.20. The van der Waals surface area contributed by atoms with Crippen molar-refractivity contribution in [2.24, 2.45) is 0 Å². The lowest BCUT2D eigenvalue weighted by molar-refractivity contribution is -0.119. The van der Waals surface area contributed by atoms with E-state index in [1.807, 2.05) is 57.2 Å². The normalized spacial score (nSPS) is 12.0. The van der Waals surface area contributed by atoms with E-state index in [2.05, 4.69) is 27.6 Å². The van der Waals surface area contributed by atoms with Crippen LogP contribution in [0.5, 0.6) is 0 Å². The summed E-state index contributed by atoms with van der Waals surface area (Å²) in [6.07, 6.45) is 0.581. The van der Waals surface area contributed by atoms with Gasteiger partial charge in [0, 0.05) is 11.4 Å². The van der Waals surface area contributed by atoms with Crippen LogP contribution >= 0.6 is 11.8 Å².